The summed E-state index contributed by atoms with van der Waals surface area (Å²) in [7, 11) is 0. The van der Waals surface area contributed by atoms with Crippen molar-refractivity contribution in [3.8, 4) is 16.9 Å². The normalized spacial score (nSPS) is 15.7. The summed E-state index contributed by atoms with van der Waals surface area (Å²) in [5, 5.41) is 8.98. The van der Waals surface area contributed by atoms with Crippen LogP contribution in [0.5, 0.6) is 5.75 Å². The van der Waals surface area contributed by atoms with E-state index >= 15 is 0 Å². The van der Waals surface area contributed by atoms with Gasteiger partial charge < -0.3 is 14.7 Å². The number of likely N-dealkylation sites (tertiary alicyclic amines) is 1. The molecule has 0 aliphatic carbocycles. The van der Waals surface area contributed by atoms with Crippen molar-refractivity contribution < 1.29 is 23.4 Å². The van der Waals surface area contributed by atoms with Crippen LogP contribution in [-0.2, 0) is 0 Å². The van der Waals surface area contributed by atoms with Crippen molar-refractivity contribution in [2.75, 3.05) is 26.2 Å². The van der Waals surface area contributed by atoms with Gasteiger partial charge in [-0.2, -0.15) is 0 Å². The van der Waals surface area contributed by atoms with Crippen LogP contribution >= 0.6 is 0 Å². The summed E-state index contributed by atoms with van der Waals surface area (Å²) >= 11 is 0. The Labute approximate surface area is 182 Å². The van der Waals surface area contributed by atoms with Crippen LogP contribution in [0.1, 0.15) is 49.9 Å². The van der Waals surface area contributed by atoms with Gasteiger partial charge in [0.2, 0.25) is 0 Å². The van der Waals surface area contributed by atoms with Crippen molar-refractivity contribution in [1.29, 1.82) is 0 Å². The van der Waals surface area contributed by atoms with Crippen LogP contribution in [0.15, 0.2) is 42.5 Å². The Morgan fingerprint density at radius 1 is 1.13 bits per heavy atom. The first-order valence-electron chi connectivity index (χ1n) is 11.0. The molecule has 1 fully saturated rings. The molecule has 2 aromatic rings. The predicted molar refractivity (Wildman–Crippen MR) is 118 cm³/mol. The van der Waals surface area contributed by atoms with Gasteiger partial charge in [0.15, 0.2) is 0 Å². The number of hydrogen-bond donors (Lipinski definition) is 1. The third-order valence-electron chi connectivity index (χ3n) is 6.35. The molecule has 1 N–H and O–H groups in total. The highest BCUT2D eigenvalue weighted by Gasteiger charge is 2.30. The fourth-order valence-corrected chi connectivity index (χ4v) is 4.01. The highest BCUT2D eigenvalue weighted by atomic mass is 19.1. The molecule has 1 aliphatic heterocycles. The minimum Gasteiger partial charge on any atom is -0.493 e. The Morgan fingerprint density at radius 2 is 1.77 bits per heavy atom. The van der Waals surface area contributed by atoms with Gasteiger partial charge in [0, 0.05) is 18.2 Å². The maximum atomic E-state index is 14.6. The second-order valence-corrected chi connectivity index (χ2v) is 8.41. The molecule has 4 nitrogen and oxygen atoms in total. The van der Waals surface area contributed by atoms with E-state index in [2.05, 4.69) is 4.90 Å². The molecule has 0 amide bonds. The maximum absolute atomic E-state index is 14.6. The van der Waals surface area contributed by atoms with Crippen LogP contribution in [-0.4, -0.2) is 47.9 Å². The topological polar surface area (TPSA) is 49.8 Å². The number of alkyl halides is 1. The zero-order valence-corrected chi connectivity index (χ0v) is 18.2. The largest absolute Gasteiger partial charge is 0.493 e. The lowest BCUT2D eigenvalue weighted by Crippen LogP contribution is -2.44. The average molecular weight is 432 g/mol. The number of piperidine rings is 1. The van der Waals surface area contributed by atoms with Gasteiger partial charge in [0.25, 0.3) is 0 Å². The number of ether oxygens (including phenoxy) is 1. The Morgan fingerprint density at radius 3 is 2.32 bits per heavy atom. The van der Waals surface area contributed by atoms with Crippen molar-refractivity contribution in [3.05, 3.63) is 53.8 Å². The maximum Gasteiger partial charge on any atom is 0.335 e. The van der Waals surface area contributed by atoms with E-state index in [0.29, 0.717) is 48.8 Å². The Balaban J connectivity index is 1.52. The monoisotopic (exact) mass is 431 g/mol. The molecular weight excluding hydrogens is 400 g/mol. The van der Waals surface area contributed by atoms with Gasteiger partial charge in [-0.15, -0.1) is 0 Å². The van der Waals surface area contributed by atoms with Crippen molar-refractivity contribution in [2.24, 2.45) is 5.92 Å². The number of hydrogen-bond acceptors (Lipinski definition) is 3. The molecule has 0 radical (unpaired) electrons. The van der Waals surface area contributed by atoms with E-state index in [1.54, 1.807) is 24.3 Å². The van der Waals surface area contributed by atoms with E-state index < -0.39 is 17.5 Å². The number of aromatic carboxylic acids is 1. The van der Waals surface area contributed by atoms with Crippen LogP contribution < -0.4 is 4.74 Å². The Bertz CT molecular complexity index is 873. The molecule has 0 bridgehead atoms. The number of rotatable bonds is 9. The minimum absolute atomic E-state index is 0.164. The average Bonchev–Trinajstić information content (AvgIpc) is 2.78. The van der Waals surface area contributed by atoms with Crippen LogP contribution in [0.25, 0.3) is 11.1 Å². The van der Waals surface area contributed by atoms with Crippen LogP contribution in [0.4, 0.5) is 8.78 Å². The molecule has 31 heavy (non-hydrogen) atoms. The number of carbonyl (C=O) groups is 1. The fourth-order valence-electron chi connectivity index (χ4n) is 4.01. The minimum atomic E-state index is -1.10. The van der Waals surface area contributed by atoms with Crippen molar-refractivity contribution in [1.82, 2.24) is 4.90 Å². The molecule has 1 aliphatic rings. The molecule has 2 aromatic carbocycles. The van der Waals surface area contributed by atoms with E-state index in [9.17, 15) is 13.6 Å². The fraction of sp³-hybridized carbons (Fsp3) is 0.480. The summed E-state index contributed by atoms with van der Waals surface area (Å²) in [5.41, 5.74) is 0.0803. The smallest absolute Gasteiger partial charge is 0.335 e. The molecule has 3 rings (SSSR count). The lowest BCUT2D eigenvalue weighted by molar-refractivity contribution is 0.0568. The highest BCUT2D eigenvalue weighted by Crippen LogP contribution is 2.28. The van der Waals surface area contributed by atoms with Gasteiger partial charge >= 0.3 is 5.97 Å². The summed E-state index contributed by atoms with van der Waals surface area (Å²) in [6.07, 6.45) is 2.97. The number of carboxylic acid groups (broad SMARTS) is 1. The molecular formula is C25H31F2NO3. The molecule has 0 aromatic heterocycles. The standard InChI is InChI=1S/C25H31F2NO3/c1-3-25(27,4-2)17-28-13-11-18(12-14-28)16-31-21-9-10-22(23(26)15-21)19-5-7-20(8-6-19)24(29)30/h5-10,15,18H,3-4,11-14,16-17H2,1-2H3,(H,29,30). The number of nitrogens with zero attached hydrogens (tertiary/aromatic N) is 1. The van der Waals surface area contributed by atoms with E-state index in [-0.39, 0.29) is 5.56 Å². The zero-order chi connectivity index (χ0) is 22.4. The molecule has 0 saturated carbocycles. The summed E-state index contributed by atoms with van der Waals surface area (Å²) in [4.78, 5) is 13.2. The summed E-state index contributed by atoms with van der Waals surface area (Å²) < 4.78 is 35.1. The van der Waals surface area contributed by atoms with Crippen LogP contribution in [0, 0.1) is 11.7 Å². The quantitative estimate of drug-likeness (QED) is 0.544. The first-order chi connectivity index (χ1) is 14.8. The molecule has 0 atom stereocenters. The molecule has 1 heterocycles. The van der Waals surface area contributed by atoms with E-state index in [1.807, 2.05) is 13.8 Å². The first-order valence-corrected chi connectivity index (χ1v) is 11.0. The van der Waals surface area contributed by atoms with Gasteiger partial charge in [-0.05, 0) is 74.5 Å². The number of carboxylic acids is 1. The van der Waals surface area contributed by atoms with E-state index in [0.717, 1.165) is 25.9 Å². The van der Waals surface area contributed by atoms with Crippen molar-refractivity contribution >= 4 is 5.97 Å². The van der Waals surface area contributed by atoms with Gasteiger partial charge in [-0.1, -0.05) is 26.0 Å². The Kier molecular flexibility index (Phi) is 7.65. The molecule has 0 spiro atoms. The lowest BCUT2D eigenvalue weighted by Gasteiger charge is -2.36. The molecule has 6 heteroatoms. The third kappa shape index (κ3) is 6.03. The van der Waals surface area contributed by atoms with E-state index in [4.69, 9.17) is 9.84 Å². The second kappa shape index (κ2) is 10.2. The third-order valence-corrected chi connectivity index (χ3v) is 6.35. The molecule has 1 saturated heterocycles. The van der Waals surface area contributed by atoms with Gasteiger partial charge in [-0.3, -0.25) is 0 Å². The molecule has 168 valence electrons. The number of benzene rings is 2. The second-order valence-electron chi connectivity index (χ2n) is 8.41. The van der Waals surface area contributed by atoms with E-state index in [1.165, 1.54) is 18.2 Å². The first kappa shape index (κ1) is 23.2. The summed E-state index contributed by atoms with van der Waals surface area (Å²) in [6, 6.07) is 10.9. The highest BCUT2D eigenvalue weighted by molar-refractivity contribution is 5.88. The molecule has 0 unspecified atom stereocenters. The van der Waals surface area contributed by atoms with Crippen LogP contribution in [0.3, 0.4) is 0 Å². The van der Waals surface area contributed by atoms with Crippen LogP contribution in [0.2, 0.25) is 0 Å². The summed E-state index contributed by atoms with van der Waals surface area (Å²) in [6.45, 7) is 6.54. The zero-order valence-electron chi connectivity index (χ0n) is 18.2. The number of halogens is 2. The SMILES string of the molecule is CCC(F)(CC)CN1CCC(COc2ccc(-c3ccc(C(=O)O)cc3)c(F)c2)CC1. The van der Waals surface area contributed by atoms with Gasteiger partial charge in [0.05, 0.1) is 12.2 Å². The van der Waals surface area contributed by atoms with Gasteiger partial charge in [0.1, 0.15) is 17.2 Å². The van der Waals surface area contributed by atoms with Gasteiger partial charge in [-0.25, -0.2) is 13.6 Å². The van der Waals surface area contributed by atoms with Crippen molar-refractivity contribution in [3.63, 3.8) is 0 Å². The lowest BCUT2D eigenvalue weighted by atomic mass is 9.94. The summed E-state index contributed by atoms with van der Waals surface area (Å²) in [5.74, 6) is -0.569. The van der Waals surface area contributed by atoms with Crippen molar-refractivity contribution in [2.45, 2.75) is 45.2 Å². The predicted octanol–water partition coefficient (Wildman–Crippen LogP) is 5.81. The Hall–Kier alpha value is -2.47.